The highest BCUT2D eigenvalue weighted by Gasteiger charge is 2.20. The molecule has 0 bridgehead atoms. The molecule has 6 nitrogen and oxygen atoms in total. The summed E-state index contributed by atoms with van der Waals surface area (Å²) in [5, 5.41) is 6.71. The normalized spacial score (nSPS) is 16.5. The number of hydrogen-bond acceptors (Lipinski definition) is 3. The van der Waals surface area contributed by atoms with E-state index in [-0.39, 0.29) is 5.91 Å². The fourth-order valence-corrected chi connectivity index (χ4v) is 2.98. The Balaban J connectivity index is 1.68. The third-order valence-corrected chi connectivity index (χ3v) is 4.53. The minimum Gasteiger partial charge on any atom is -0.356 e. The van der Waals surface area contributed by atoms with Crippen LogP contribution in [0.15, 0.2) is 35.3 Å². The van der Waals surface area contributed by atoms with Crippen LogP contribution in [0.4, 0.5) is 0 Å². The molecule has 2 N–H and O–H groups in total. The zero-order valence-electron chi connectivity index (χ0n) is 15.7. The van der Waals surface area contributed by atoms with E-state index in [9.17, 15) is 4.79 Å². The monoisotopic (exact) mass is 345 g/mol. The number of carbonyl (C=O) groups is 1. The van der Waals surface area contributed by atoms with E-state index in [2.05, 4.69) is 50.9 Å². The minimum atomic E-state index is 0.122. The van der Waals surface area contributed by atoms with Crippen molar-refractivity contribution in [1.82, 2.24) is 20.4 Å². The molecule has 1 fully saturated rings. The molecule has 2 rings (SSSR count). The summed E-state index contributed by atoms with van der Waals surface area (Å²) >= 11 is 0. The molecule has 138 valence electrons. The van der Waals surface area contributed by atoms with E-state index in [4.69, 9.17) is 0 Å². The van der Waals surface area contributed by atoms with Crippen LogP contribution >= 0.6 is 0 Å². The van der Waals surface area contributed by atoms with Gasteiger partial charge in [0, 0.05) is 59.8 Å². The number of nitrogens with one attached hydrogen (secondary N) is 2. The summed E-state index contributed by atoms with van der Waals surface area (Å²) in [6.07, 6.45) is 2.68. The molecule has 0 spiro atoms. The first-order chi connectivity index (χ1) is 12.1. The Morgan fingerprint density at radius 3 is 2.52 bits per heavy atom. The number of hydrogen-bond donors (Lipinski definition) is 2. The lowest BCUT2D eigenvalue weighted by atomic mass is 10.0. The molecule has 1 heterocycles. The third kappa shape index (κ3) is 6.74. The molecule has 0 radical (unpaired) electrons. The number of rotatable bonds is 6. The topological polar surface area (TPSA) is 60.0 Å². The number of likely N-dealkylation sites (tertiary alicyclic amines) is 1. The molecule has 1 aromatic rings. The number of carbonyl (C=O) groups excluding carboxylic acids is 1. The smallest absolute Gasteiger partial charge is 0.223 e. The number of nitrogens with zero attached hydrogens (tertiary/aromatic N) is 3. The second-order valence-electron chi connectivity index (χ2n) is 6.72. The lowest BCUT2D eigenvalue weighted by molar-refractivity contribution is -0.128. The van der Waals surface area contributed by atoms with Gasteiger partial charge in [-0.15, -0.1) is 0 Å². The molecule has 0 aromatic heterocycles. The Kier molecular flexibility index (Phi) is 7.73. The van der Waals surface area contributed by atoms with Crippen LogP contribution in [-0.4, -0.2) is 68.5 Å². The number of guanidine groups is 1. The third-order valence-electron chi connectivity index (χ3n) is 4.53. The average Bonchev–Trinajstić information content (AvgIpc) is 2.63. The number of aliphatic imine (C=N–C) groups is 1. The van der Waals surface area contributed by atoms with Gasteiger partial charge in [-0.05, 0) is 18.4 Å². The molecular weight excluding hydrogens is 314 g/mol. The molecule has 0 saturated carbocycles. The van der Waals surface area contributed by atoms with Crippen LogP contribution in [0.2, 0.25) is 0 Å². The molecule has 1 aromatic carbocycles. The van der Waals surface area contributed by atoms with Crippen molar-refractivity contribution in [1.29, 1.82) is 0 Å². The predicted molar refractivity (Wildman–Crippen MR) is 103 cm³/mol. The van der Waals surface area contributed by atoms with Gasteiger partial charge in [0.15, 0.2) is 5.96 Å². The summed E-state index contributed by atoms with van der Waals surface area (Å²) in [7, 11) is 5.32. The number of piperidine rings is 1. The second-order valence-corrected chi connectivity index (χ2v) is 6.72. The van der Waals surface area contributed by atoms with Crippen LogP contribution in [0, 0.1) is 0 Å². The van der Waals surface area contributed by atoms with E-state index in [0.717, 1.165) is 38.4 Å². The molecule has 1 aliphatic heterocycles. The first kappa shape index (κ1) is 19.2. The lowest BCUT2D eigenvalue weighted by Gasteiger charge is -2.33. The van der Waals surface area contributed by atoms with E-state index in [1.165, 1.54) is 5.56 Å². The Morgan fingerprint density at radius 1 is 1.24 bits per heavy atom. The highest BCUT2D eigenvalue weighted by Crippen LogP contribution is 2.13. The highest BCUT2D eigenvalue weighted by molar-refractivity contribution is 5.81. The molecular formula is C19H31N5O. The maximum Gasteiger partial charge on any atom is 0.223 e. The fraction of sp³-hybridized carbons (Fsp3) is 0.579. The zero-order valence-corrected chi connectivity index (χ0v) is 15.7. The summed E-state index contributed by atoms with van der Waals surface area (Å²) in [4.78, 5) is 20.0. The van der Waals surface area contributed by atoms with E-state index >= 15 is 0 Å². The van der Waals surface area contributed by atoms with Gasteiger partial charge in [-0.2, -0.15) is 0 Å². The van der Waals surface area contributed by atoms with Crippen LogP contribution < -0.4 is 10.6 Å². The van der Waals surface area contributed by atoms with Crippen molar-refractivity contribution in [3.63, 3.8) is 0 Å². The second kappa shape index (κ2) is 10.0. The fourth-order valence-electron chi connectivity index (χ4n) is 2.98. The van der Waals surface area contributed by atoms with Gasteiger partial charge in [0.2, 0.25) is 5.91 Å². The SMILES string of the molecule is CN=C(NCCC(=O)N(C)C)NC1CCN(Cc2ccccc2)CC1. The number of benzene rings is 1. The van der Waals surface area contributed by atoms with Crippen molar-refractivity contribution in [2.24, 2.45) is 4.99 Å². The summed E-state index contributed by atoms with van der Waals surface area (Å²) < 4.78 is 0. The molecule has 0 atom stereocenters. The Labute approximate surface area is 151 Å². The molecule has 1 aliphatic rings. The Hall–Kier alpha value is -2.08. The van der Waals surface area contributed by atoms with Crippen LogP contribution in [0.1, 0.15) is 24.8 Å². The Bertz CT molecular complexity index is 550. The van der Waals surface area contributed by atoms with Crippen molar-refractivity contribution >= 4 is 11.9 Å². The van der Waals surface area contributed by atoms with Crippen LogP contribution in [0.25, 0.3) is 0 Å². The van der Waals surface area contributed by atoms with Crippen LogP contribution in [0.5, 0.6) is 0 Å². The van der Waals surface area contributed by atoms with Crippen LogP contribution in [-0.2, 0) is 11.3 Å². The molecule has 25 heavy (non-hydrogen) atoms. The van der Waals surface area contributed by atoms with Crippen LogP contribution in [0.3, 0.4) is 0 Å². The van der Waals surface area contributed by atoms with Crippen molar-refractivity contribution in [3.05, 3.63) is 35.9 Å². The van der Waals surface area contributed by atoms with Gasteiger partial charge in [0.25, 0.3) is 0 Å². The van der Waals surface area contributed by atoms with Crippen molar-refractivity contribution in [2.75, 3.05) is 40.8 Å². The predicted octanol–water partition coefficient (Wildman–Crippen LogP) is 1.29. The van der Waals surface area contributed by atoms with E-state index < -0.39 is 0 Å². The summed E-state index contributed by atoms with van der Waals surface area (Å²) in [5.74, 6) is 0.908. The molecule has 0 unspecified atom stereocenters. The van der Waals surface area contributed by atoms with E-state index in [1.54, 1.807) is 26.0 Å². The maximum absolute atomic E-state index is 11.6. The van der Waals surface area contributed by atoms with Gasteiger partial charge < -0.3 is 15.5 Å². The molecule has 0 aliphatic carbocycles. The largest absolute Gasteiger partial charge is 0.356 e. The maximum atomic E-state index is 11.6. The minimum absolute atomic E-state index is 0.122. The standard InChI is InChI=1S/C19H31N5O/c1-20-19(21-12-9-18(25)23(2)3)22-17-10-13-24(14-11-17)15-16-7-5-4-6-8-16/h4-8,17H,9-15H2,1-3H3,(H2,20,21,22). The zero-order chi connectivity index (χ0) is 18.1. The van der Waals surface area contributed by atoms with E-state index in [1.807, 2.05) is 0 Å². The summed E-state index contributed by atoms with van der Waals surface area (Å²) in [6.45, 7) is 3.79. The molecule has 6 heteroatoms. The first-order valence-electron chi connectivity index (χ1n) is 9.02. The lowest BCUT2D eigenvalue weighted by Crippen LogP contribution is -2.48. The quantitative estimate of drug-likeness (QED) is 0.603. The van der Waals surface area contributed by atoms with Gasteiger partial charge >= 0.3 is 0 Å². The van der Waals surface area contributed by atoms with Gasteiger partial charge in [0.05, 0.1) is 0 Å². The average molecular weight is 345 g/mol. The summed E-state index contributed by atoms with van der Waals surface area (Å²) in [5.41, 5.74) is 1.37. The van der Waals surface area contributed by atoms with Gasteiger partial charge in [-0.1, -0.05) is 30.3 Å². The van der Waals surface area contributed by atoms with Crippen molar-refractivity contribution in [3.8, 4) is 0 Å². The highest BCUT2D eigenvalue weighted by atomic mass is 16.2. The van der Waals surface area contributed by atoms with Crippen molar-refractivity contribution < 1.29 is 4.79 Å². The Morgan fingerprint density at radius 2 is 1.92 bits per heavy atom. The van der Waals surface area contributed by atoms with Gasteiger partial charge in [-0.25, -0.2) is 0 Å². The van der Waals surface area contributed by atoms with Gasteiger partial charge in [0.1, 0.15) is 0 Å². The number of amides is 1. The van der Waals surface area contributed by atoms with Gasteiger partial charge in [-0.3, -0.25) is 14.7 Å². The molecule has 1 amide bonds. The van der Waals surface area contributed by atoms with Crippen molar-refractivity contribution in [2.45, 2.75) is 31.8 Å². The first-order valence-corrected chi connectivity index (χ1v) is 9.02. The summed E-state index contributed by atoms with van der Waals surface area (Å²) in [6, 6.07) is 11.1. The van der Waals surface area contributed by atoms with E-state index in [0.29, 0.717) is 19.0 Å². The molecule has 1 saturated heterocycles.